The minimum absolute atomic E-state index is 0.142. The molecular weight excluding hydrogens is 248 g/mol. The maximum absolute atomic E-state index is 11.3. The topological polar surface area (TPSA) is 105 Å². The summed E-state index contributed by atoms with van der Waals surface area (Å²) in [6.45, 7) is 0.398. The summed E-state index contributed by atoms with van der Waals surface area (Å²) in [6, 6.07) is -0.566. The van der Waals surface area contributed by atoms with E-state index in [1.807, 2.05) is 6.26 Å². The first-order chi connectivity index (χ1) is 8.07. The van der Waals surface area contributed by atoms with Crippen molar-refractivity contribution < 1.29 is 24.8 Å². The fourth-order valence-corrected chi connectivity index (χ4v) is 1.48. The zero-order valence-corrected chi connectivity index (χ0v) is 10.7. The Hall–Kier alpha value is -0.380. The molecule has 0 bridgehead atoms. The molecule has 7 nitrogen and oxygen atoms in total. The van der Waals surface area contributed by atoms with E-state index in [1.165, 1.54) is 0 Å². The third kappa shape index (κ3) is 10.5. The molecule has 4 N–H and O–H groups in total. The number of nitrogens with two attached hydrogens (primary N) is 1. The molecule has 0 spiro atoms. The summed E-state index contributed by atoms with van der Waals surface area (Å²) in [7, 11) is 0. The molecular formula is C9H20N2O5S. The highest BCUT2D eigenvalue weighted by molar-refractivity contribution is 7.98. The van der Waals surface area contributed by atoms with Gasteiger partial charge < -0.3 is 10.5 Å². The lowest BCUT2D eigenvalue weighted by molar-refractivity contribution is -0.492. The van der Waals surface area contributed by atoms with Gasteiger partial charge in [0, 0.05) is 0 Å². The van der Waals surface area contributed by atoms with Crippen molar-refractivity contribution in [1.29, 1.82) is 0 Å². The minimum atomic E-state index is -0.566. The van der Waals surface area contributed by atoms with Gasteiger partial charge in [-0.3, -0.25) is 20.0 Å². The Morgan fingerprint density at radius 3 is 2.65 bits per heavy atom. The van der Waals surface area contributed by atoms with Crippen molar-refractivity contribution in [2.75, 3.05) is 25.2 Å². The molecule has 0 aromatic heterocycles. The number of unbranched alkanes of at least 4 members (excludes halogenated alkanes) is 1. The van der Waals surface area contributed by atoms with Gasteiger partial charge >= 0.3 is 5.97 Å². The lowest BCUT2D eigenvalue weighted by Crippen LogP contribution is -2.33. The highest BCUT2D eigenvalue weighted by atomic mass is 32.2. The van der Waals surface area contributed by atoms with E-state index >= 15 is 0 Å². The highest BCUT2D eigenvalue weighted by Crippen LogP contribution is 2.01. The van der Waals surface area contributed by atoms with Gasteiger partial charge in [-0.15, -0.1) is 0 Å². The SMILES string of the molecule is CSCCC(N)C(=O)OCCCCON(O)O. The average molecular weight is 268 g/mol. The van der Waals surface area contributed by atoms with E-state index in [4.69, 9.17) is 20.9 Å². The first kappa shape index (κ1) is 16.6. The summed E-state index contributed by atoms with van der Waals surface area (Å²) < 4.78 is 4.94. The van der Waals surface area contributed by atoms with E-state index in [9.17, 15) is 4.79 Å². The maximum atomic E-state index is 11.3. The van der Waals surface area contributed by atoms with Crippen LogP contribution < -0.4 is 5.73 Å². The molecule has 0 aromatic carbocycles. The van der Waals surface area contributed by atoms with Crippen LogP contribution in [0.15, 0.2) is 0 Å². The number of esters is 1. The molecule has 0 amide bonds. The van der Waals surface area contributed by atoms with Crippen LogP contribution in [0.5, 0.6) is 0 Å². The monoisotopic (exact) mass is 268 g/mol. The molecule has 0 saturated carbocycles. The molecule has 1 atom stereocenters. The number of hydrogen-bond acceptors (Lipinski definition) is 8. The molecule has 0 aromatic rings. The number of nitrogens with zero attached hydrogens (tertiary/aromatic N) is 1. The molecule has 17 heavy (non-hydrogen) atoms. The summed E-state index contributed by atoms with van der Waals surface area (Å²) in [4.78, 5) is 15.6. The Morgan fingerprint density at radius 1 is 1.41 bits per heavy atom. The van der Waals surface area contributed by atoms with Gasteiger partial charge in [-0.2, -0.15) is 11.8 Å². The number of carbonyl (C=O) groups is 1. The van der Waals surface area contributed by atoms with Gasteiger partial charge in [-0.25, -0.2) is 0 Å². The van der Waals surface area contributed by atoms with Gasteiger partial charge in [0.05, 0.1) is 18.6 Å². The lowest BCUT2D eigenvalue weighted by Gasteiger charge is -2.11. The Bertz CT molecular complexity index is 206. The van der Waals surface area contributed by atoms with Crippen molar-refractivity contribution in [3.05, 3.63) is 0 Å². The van der Waals surface area contributed by atoms with E-state index in [-0.39, 0.29) is 18.6 Å². The van der Waals surface area contributed by atoms with Crippen LogP contribution in [0.2, 0.25) is 0 Å². The molecule has 0 heterocycles. The number of rotatable bonds is 10. The molecule has 8 heteroatoms. The summed E-state index contributed by atoms with van der Waals surface area (Å²) >= 11 is 1.63. The van der Waals surface area contributed by atoms with Crippen LogP contribution in [0.4, 0.5) is 0 Å². The van der Waals surface area contributed by atoms with Crippen LogP contribution >= 0.6 is 11.8 Å². The van der Waals surface area contributed by atoms with Crippen LogP contribution in [0.1, 0.15) is 19.3 Å². The standard InChI is InChI=1S/C9H20N2O5S/c1-17-7-4-8(10)9(12)15-5-2-3-6-16-11(13)14/h8,13-14H,2-7,10H2,1H3. The number of ether oxygens (including phenoxy) is 1. The molecule has 0 rings (SSSR count). The van der Waals surface area contributed by atoms with E-state index in [0.717, 1.165) is 5.75 Å². The van der Waals surface area contributed by atoms with Gasteiger partial charge in [0.2, 0.25) is 0 Å². The van der Waals surface area contributed by atoms with Crippen molar-refractivity contribution in [2.24, 2.45) is 5.73 Å². The van der Waals surface area contributed by atoms with Crippen LogP contribution in [0.3, 0.4) is 0 Å². The zero-order chi connectivity index (χ0) is 13.1. The maximum Gasteiger partial charge on any atom is 0.322 e. The van der Waals surface area contributed by atoms with Gasteiger partial charge in [-0.05, 0) is 31.3 Å². The predicted octanol–water partition coefficient (Wildman–Crippen LogP) is 0.402. The van der Waals surface area contributed by atoms with Crippen molar-refractivity contribution >= 4 is 17.7 Å². The molecule has 0 fully saturated rings. The highest BCUT2D eigenvalue weighted by Gasteiger charge is 2.13. The second-order valence-corrected chi connectivity index (χ2v) is 4.33. The second kappa shape index (κ2) is 10.8. The van der Waals surface area contributed by atoms with Crippen LogP contribution in [-0.4, -0.2) is 53.0 Å². The molecule has 0 aliphatic rings. The van der Waals surface area contributed by atoms with Gasteiger partial charge in [0.15, 0.2) is 0 Å². The first-order valence-electron chi connectivity index (χ1n) is 5.30. The largest absolute Gasteiger partial charge is 0.465 e. The Balaban J connectivity index is 3.38. The fourth-order valence-electron chi connectivity index (χ4n) is 0.993. The van der Waals surface area contributed by atoms with Crippen molar-refractivity contribution in [3.63, 3.8) is 0 Å². The molecule has 0 aliphatic heterocycles. The number of hydrogen-bond donors (Lipinski definition) is 3. The minimum Gasteiger partial charge on any atom is -0.465 e. The lowest BCUT2D eigenvalue weighted by atomic mass is 10.2. The predicted molar refractivity (Wildman–Crippen MR) is 62.5 cm³/mol. The molecule has 0 saturated heterocycles. The van der Waals surface area contributed by atoms with Crippen molar-refractivity contribution in [2.45, 2.75) is 25.3 Å². The summed E-state index contributed by atoms with van der Waals surface area (Å²) in [5.41, 5.74) is 5.60. The van der Waals surface area contributed by atoms with Crippen molar-refractivity contribution in [3.8, 4) is 0 Å². The Labute approximate surface area is 105 Å². The van der Waals surface area contributed by atoms with Crippen LogP contribution in [0, 0.1) is 0 Å². The Morgan fingerprint density at radius 2 is 2.06 bits per heavy atom. The summed E-state index contributed by atoms with van der Waals surface area (Å²) in [6.07, 6.45) is 3.68. The quantitative estimate of drug-likeness (QED) is 0.297. The fraction of sp³-hybridized carbons (Fsp3) is 0.889. The average Bonchev–Trinajstić information content (AvgIpc) is 2.29. The van der Waals surface area contributed by atoms with E-state index in [0.29, 0.717) is 19.3 Å². The zero-order valence-electron chi connectivity index (χ0n) is 9.87. The summed E-state index contributed by atoms with van der Waals surface area (Å²) in [5, 5.41) is 16.1. The molecule has 0 aliphatic carbocycles. The van der Waals surface area contributed by atoms with E-state index < -0.39 is 12.0 Å². The van der Waals surface area contributed by atoms with Crippen LogP contribution in [0.25, 0.3) is 0 Å². The first-order valence-corrected chi connectivity index (χ1v) is 6.69. The van der Waals surface area contributed by atoms with Crippen molar-refractivity contribution in [1.82, 2.24) is 5.39 Å². The summed E-state index contributed by atoms with van der Waals surface area (Å²) in [5.74, 6) is 0.429. The van der Waals surface area contributed by atoms with Crippen LogP contribution in [-0.2, 0) is 14.4 Å². The normalized spacial score (nSPS) is 12.8. The van der Waals surface area contributed by atoms with Gasteiger partial charge in [0.1, 0.15) is 6.04 Å². The van der Waals surface area contributed by atoms with Gasteiger partial charge in [-0.1, -0.05) is 0 Å². The second-order valence-electron chi connectivity index (χ2n) is 3.35. The van der Waals surface area contributed by atoms with E-state index in [1.54, 1.807) is 11.8 Å². The number of carbonyl (C=O) groups excluding carboxylic acids is 1. The van der Waals surface area contributed by atoms with Gasteiger partial charge in [0.25, 0.3) is 0 Å². The molecule has 1 unspecified atom stereocenters. The molecule has 0 radical (unpaired) electrons. The van der Waals surface area contributed by atoms with E-state index in [2.05, 4.69) is 4.84 Å². The number of thioether (sulfide) groups is 1. The third-order valence-corrected chi connectivity index (χ3v) is 2.57. The molecule has 102 valence electrons. The Kier molecular flexibility index (Phi) is 10.5. The smallest absolute Gasteiger partial charge is 0.322 e. The third-order valence-electron chi connectivity index (χ3n) is 1.93.